The van der Waals surface area contributed by atoms with Crippen LogP contribution in [0.5, 0.6) is 0 Å². The molecule has 318 valence electrons. The molecule has 1 heterocycles. The van der Waals surface area contributed by atoms with Gasteiger partial charge in [-0.1, -0.05) is 143 Å². The van der Waals surface area contributed by atoms with Crippen molar-refractivity contribution in [1.29, 1.82) is 0 Å². The third-order valence-electron chi connectivity index (χ3n) is 13.1. The van der Waals surface area contributed by atoms with E-state index in [9.17, 15) is 9.90 Å². The van der Waals surface area contributed by atoms with Gasteiger partial charge in [-0.25, -0.2) is 4.21 Å². The smallest absolute Gasteiger partial charge is 0.127 e. The SMILES string of the molecule is CCCCCCCCCCCCCCCCCCC(C[C+]1C2CCC(N(CCCC)CCCC)CC2OC2CC(NC)C(C)CC12)C(=O)[O-].O=S([O-])O[O-]. The zero-order chi connectivity index (χ0) is 39.6. The van der Waals surface area contributed by atoms with E-state index in [-0.39, 0.29) is 18.1 Å². The Morgan fingerprint density at radius 2 is 1.26 bits per heavy atom. The van der Waals surface area contributed by atoms with Gasteiger partial charge in [0.25, 0.3) is 0 Å². The average Bonchev–Trinajstić information content (AvgIpc) is 3.16. The summed E-state index contributed by atoms with van der Waals surface area (Å²) >= 11 is -2.88. The Labute approximate surface area is 334 Å². The largest absolute Gasteiger partial charge is 0.750 e. The Balaban J connectivity index is 0.00000188. The van der Waals surface area contributed by atoms with Crippen LogP contribution >= 0.6 is 0 Å². The predicted molar refractivity (Wildman–Crippen MR) is 216 cm³/mol. The summed E-state index contributed by atoms with van der Waals surface area (Å²) in [6.07, 6.45) is 34.2. The van der Waals surface area contributed by atoms with Gasteiger partial charge in [0.1, 0.15) is 30.0 Å². The molecule has 0 aromatic heterocycles. The number of hydrogen-bond donors (Lipinski definition) is 1. The monoisotopic (exact) mass is 783 g/mol. The van der Waals surface area contributed by atoms with Crippen molar-refractivity contribution in [2.24, 2.45) is 23.7 Å². The second kappa shape index (κ2) is 30.3. The van der Waals surface area contributed by atoms with Gasteiger partial charge in [-0.05, 0) is 77.4 Å². The number of carboxylic acid groups (broad SMARTS) is 1. The van der Waals surface area contributed by atoms with Crippen LogP contribution in [-0.4, -0.2) is 64.1 Å². The minimum Gasteiger partial charge on any atom is -0.750 e. The fourth-order valence-electron chi connectivity index (χ4n) is 9.85. The number of carbonyl (C=O) groups is 1. The van der Waals surface area contributed by atoms with E-state index in [1.807, 2.05) is 0 Å². The van der Waals surface area contributed by atoms with Crippen LogP contribution in [0.4, 0.5) is 0 Å². The highest BCUT2D eigenvalue weighted by molar-refractivity contribution is 7.73. The molecule has 9 unspecified atom stereocenters. The second-order valence-electron chi connectivity index (χ2n) is 17.1. The molecule has 0 radical (unpaired) electrons. The van der Waals surface area contributed by atoms with E-state index in [4.69, 9.17) is 18.8 Å². The summed E-state index contributed by atoms with van der Waals surface area (Å²) in [6, 6.07) is 1.08. The summed E-state index contributed by atoms with van der Waals surface area (Å²) in [5.41, 5.74) is 0. The molecule has 9 atom stereocenters. The highest BCUT2D eigenvalue weighted by Gasteiger charge is 2.58. The Morgan fingerprint density at radius 1 is 0.778 bits per heavy atom. The summed E-state index contributed by atoms with van der Waals surface area (Å²) in [5.74, 6) is 1.80. The van der Waals surface area contributed by atoms with Crippen LogP contribution in [-0.2, 0) is 25.2 Å². The first-order valence-corrected chi connectivity index (χ1v) is 23.7. The molecule has 1 aliphatic heterocycles. The number of unbranched alkanes of at least 4 members (excludes halogenated alkanes) is 17. The molecule has 3 aliphatic rings. The van der Waals surface area contributed by atoms with Gasteiger partial charge in [-0.15, -0.1) is 0 Å². The first-order valence-electron chi connectivity index (χ1n) is 22.7. The van der Waals surface area contributed by atoms with Crippen molar-refractivity contribution in [2.75, 3.05) is 20.1 Å². The zero-order valence-electron chi connectivity index (χ0n) is 35.3. The molecule has 0 aromatic carbocycles. The highest BCUT2D eigenvalue weighted by Crippen LogP contribution is 2.52. The van der Waals surface area contributed by atoms with E-state index < -0.39 is 17.3 Å². The normalized spacial score (nSPS) is 26.4. The predicted octanol–water partition coefficient (Wildman–Crippen LogP) is 8.51. The molecule has 10 heteroatoms. The number of aliphatic carboxylic acids is 1. The molecule has 0 amide bonds. The Kier molecular flexibility index (Phi) is 27.8. The number of hydrogen-bond acceptors (Lipinski definition) is 9. The minimum atomic E-state index is -2.88. The molecule has 54 heavy (non-hydrogen) atoms. The topological polar surface area (TPSA) is 137 Å². The van der Waals surface area contributed by atoms with Crippen LogP contribution in [0.25, 0.3) is 0 Å². The van der Waals surface area contributed by atoms with Gasteiger partial charge in [0.15, 0.2) is 0 Å². The first-order chi connectivity index (χ1) is 26.2. The number of fused-ring (bicyclic) bond motifs is 2. The third kappa shape index (κ3) is 19.1. The van der Waals surface area contributed by atoms with Crippen molar-refractivity contribution in [3.05, 3.63) is 5.92 Å². The molecule has 1 N–H and O–H groups in total. The molecule has 0 bridgehead atoms. The van der Waals surface area contributed by atoms with Crippen molar-refractivity contribution >= 4 is 17.3 Å². The van der Waals surface area contributed by atoms with Crippen LogP contribution < -0.4 is 15.7 Å². The first kappa shape index (κ1) is 49.4. The minimum absolute atomic E-state index is 0.223. The van der Waals surface area contributed by atoms with Gasteiger partial charge in [0.2, 0.25) is 0 Å². The van der Waals surface area contributed by atoms with Crippen molar-refractivity contribution in [3.63, 3.8) is 0 Å². The summed E-state index contributed by atoms with van der Waals surface area (Å²) < 4.78 is 27.2. The van der Waals surface area contributed by atoms with Crippen LogP contribution in [0.2, 0.25) is 0 Å². The van der Waals surface area contributed by atoms with Crippen LogP contribution in [0.1, 0.15) is 201 Å². The van der Waals surface area contributed by atoms with Crippen molar-refractivity contribution in [3.8, 4) is 0 Å². The Morgan fingerprint density at radius 3 is 1.72 bits per heavy atom. The number of rotatable bonds is 29. The molecular weight excluding hydrogens is 701 g/mol. The average molecular weight is 783 g/mol. The maximum absolute atomic E-state index is 12.6. The van der Waals surface area contributed by atoms with Gasteiger partial charge < -0.3 is 39.0 Å². The lowest BCUT2D eigenvalue weighted by Crippen LogP contribution is -2.57. The molecule has 3 rings (SSSR count). The number of nitrogens with zero attached hydrogens (tertiary/aromatic N) is 1. The van der Waals surface area contributed by atoms with Gasteiger partial charge in [-0.3, -0.25) is 0 Å². The van der Waals surface area contributed by atoms with E-state index in [0.717, 1.165) is 51.4 Å². The summed E-state index contributed by atoms with van der Waals surface area (Å²) in [5, 5.41) is 24.7. The molecule has 2 aliphatic carbocycles. The molecule has 0 aromatic rings. The molecule has 2 saturated carbocycles. The molecular formula is C44H82N2O7S-2. The summed E-state index contributed by atoms with van der Waals surface area (Å²) in [6.45, 7) is 11.7. The Hall–Kier alpha value is -0.750. The number of ether oxygens (including phenoxy) is 1. The number of carboxylic acids is 1. The van der Waals surface area contributed by atoms with Crippen LogP contribution in [0, 0.1) is 29.6 Å². The summed E-state index contributed by atoms with van der Waals surface area (Å²) in [4.78, 5) is 15.4. The molecule has 0 spiro atoms. The number of carbonyl (C=O) groups excluding carboxylic acids is 1. The fraction of sp³-hybridized carbons (Fsp3) is 0.955. The highest BCUT2D eigenvalue weighted by atomic mass is 32.2. The van der Waals surface area contributed by atoms with Crippen LogP contribution in [0.3, 0.4) is 0 Å². The van der Waals surface area contributed by atoms with E-state index in [1.165, 1.54) is 135 Å². The third-order valence-corrected chi connectivity index (χ3v) is 13.2. The molecule has 9 nitrogen and oxygen atoms in total. The van der Waals surface area contributed by atoms with Crippen molar-refractivity contribution in [2.45, 2.75) is 225 Å². The van der Waals surface area contributed by atoms with E-state index >= 15 is 0 Å². The van der Waals surface area contributed by atoms with Gasteiger partial charge in [-0.2, -0.15) is 0 Å². The maximum Gasteiger partial charge on any atom is 0.127 e. The lowest BCUT2D eigenvalue weighted by molar-refractivity contribution is -0.635. The molecule has 1 saturated heterocycles. The second-order valence-corrected chi connectivity index (χ2v) is 17.7. The van der Waals surface area contributed by atoms with Crippen molar-refractivity contribution < 1.29 is 33.0 Å². The van der Waals surface area contributed by atoms with Gasteiger partial charge in [0, 0.05) is 24.0 Å². The van der Waals surface area contributed by atoms with Crippen molar-refractivity contribution in [1.82, 2.24) is 10.2 Å². The quantitative estimate of drug-likeness (QED) is 0.0260. The zero-order valence-corrected chi connectivity index (χ0v) is 36.2. The van der Waals surface area contributed by atoms with E-state index in [0.29, 0.717) is 29.8 Å². The van der Waals surface area contributed by atoms with Gasteiger partial charge in [0.05, 0.1) is 17.8 Å². The van der Waals surface area contributed by atoms with E-state index in [2.05, 4.69) is 49.3 Å². The Bertz CT molecular complexity index is 952. The lowest BCUT2D eigenvalue weighted by atomic mass is 9.60. The fourth-order valence-corrected chi connectivity index (χ4v) is 9.85. The number of nitrogens with one attached hydrogen (secondary N) is 1. The maximum atomic E-state index is 12.6. The lowest BCUT2D eigenvalue weighted by Gasteiger charge is -2.50. The standard InChI is InChI=1S/C44H82N2O3.H2O4S/c1-6-9-12-13-14-15-16-17-18-19-20-21-22-23-24-25-26-36(44(47)48)32-39-38-28-27-37(46(29-10-7-2)30-11-8-3)33-42(38)49-43-34-41(45-5)35(4)31-40(39)43;1-4-5(2)3/h35-38,40-43,45H,6-34H2,1-5H3;1H,(H,2,3)/p-2. The van der Waals surface area contributed by atoms with Crippen LogP contribution in [0.15, 0.2) is 0 Å². The van der Waals surface area contributed by atoms with E-state index in [1.54, 1.807) is 5.92 Å². The molecule has 3 fully saturated rings. The summed E-state index contributed by atoms with van der Waals surface area (Å²) in [7, 11) is 2.10. The van der Waals surface area contributed by atoms with Gasteiger partial charge >= 0.3 is 0 Å².